The zero-order valence-electron chi connectivity index (χ0n) is 15.7. The molecule has 1 aliphatic heterocycles. The standard InChI is InChI=1S/C21H18FN5O2/c1-29-18-5-13(4-17(22)8-18)10-24-21(28)27-3-2-14-6-19(16-11-25-26-12-16)15(9-23)7-20(14)27/h4-8,11-12H,2-3,10H2,1H3,(H,24,28)(H,25,26). The Morgan fingerprint density at radius 3 is 2.97 bits per heavy atom. The van der Waals surface area contributed by atoms with Gasteiger partial charge in [0, 0.05) is 36.5 Å². The second-order valence-corrected chi connectivity index (χ2v) is 6.68. The van der Waals surface area contributed by atoms with Gasteiger partial charge in [0.15, 0.2) is 0 Å². The Morgan fingerprint density at radius 1 is 1.38 bits per heavy atom. The Kier molecular flexibility index (Phi) is 4.87. The van der Waals surface area contributed by atoms with Gasteiger partial charge < -0.3 is 10.1 Å². The third kappa shape index (κ3) is 3.62. The zero-order chi connectivity index (χ0) is 20.4. The number of anilines is 1. The van der Waals surface area contributed by atoms with Crippen LogP contribution in [-0.4, -0.2) is 29.9 Å². The van der Waals surface area contributed by atoms with Crippen LogP contribution in [0.1, 0.15) is 16.7 Å². The van der Waals surface area contributed by atoms with Gasteiger partial charge in [-0.15, -0.1) is 0 Å². The Labute approximate surface area is 166 Å². The molecule has 2 N–H and O–H groups in total. The van der Waals surface area contributed by atoms with Crippen LogP contribution in [0.2, 0.25) is 0 Å². The number of halogens is 1. The van der Waals surface area contributed by atoms with Crippen molar-refractivity contribution in [3.05, 3.63) is 65.2 Å². The van der Waals surface area contributed by atoms with E-state index >= 15 is 0 Å². The molecule has 4 rings (SSSR count). The number of urea groups is 1. The van der Waals surface area contributed by atoms with E-state index in [1.54, 1.807) is 29.4 Å². The summed E-state index contributed by atoms with van der Waals surface area (Å²) in [6.07, 6.45) is 4.08. The topological polar surface area (TPSA) is 94.0 Å². The predicted molar refractivity (Wildman–Crippen MR) is 105 cm³/mol. The number of ether oxygens (including phenoxy) is 1. The fourth-order valence-electron chi connectivity index (χ4n) is 3.49. The van der Waals surface area contributed by atoms with Crippen molar-refractivity contribution in [2.24, 2.45) is 0 Å². The maximum Gasteiger partial charge on any atom is 0.322 e. The molecule has 2 amide bonds. The molecule has 2 aromatic carbocycles. The smallest absolute Gasteiger partial charge is 0.322 e. The highest BCUT2D eigenvalue weighted by atomic mass is 19.1. The van der Waals surface area contributed by atoms with Gasteiger partial charge in [0.05, 0.1) is 30.6 Å². The summed E-state index contributed by atoms with van der Waals surface area (Å²) in [5.74, 6) is -0.0308. The highest BCUT2D eigenvalue weighted by Crippen LogP contribution is 2.35. The normalized spacial score (nSPS) is 12.4. The monoisotopic (exact) mass is 391 g/mol. The summed E-state index contributed by atoms with van der Waals surface area (Å²) in [6, 6.07) is 9.87. The lowest BCUT2D eigenvalue weighted by molar-refractivity contribution is 0.246. The Morgan fingerprint density at radius 2 is 2.24 bits per heavy atom. The number of nitrogens with one attached hydrogen (secondary N) is 2. The lowest BCUT2D eigenvalue weighted by Crippen LogP contribution is -2.38. The second kappa shape index (κ2) is 7.64. The number of aromatic nitrogens is 2. The quantitative estimate of drug-likeness (QED) is 0.713. The summed E-state index contributed by atoms with van der Waals surface area (Å²) >= 11 is 0. The van der Waals surface area contributed by atoms with Crippen molar-refractivity contribution in [2.45, 2.75) is 13.0 Å². The summed E-state index contributed by atoms with van der Waals surface area (Å²) in [6.45, 7) is 0.671. The first-order chi connectivity index (χ1) is 14.1. The van der Waals surface area contributed by atoms with Crippen LogP contribution in [0.15, 0.2) is 42.7 Å². The van der Waals surface area contributed by atoms with E-state index in [-0.39, 0.29) is 12.6 Å². The molecule has 8 heteroatoms. The van der Waals surface area contributed by atoms with E-state index in [2.05, 4.69) is 21.6 Å². The largest absolute Gasteiger partial charge is 0.497 e. The third-order valence-corrected chi connectivity index (χ3v) is 4.90. The molecular weight excluding hydrogens is 373 g/mol. The SMILES string of the molecule is COc1cc(F)cc(CNC(=O)N2CCc3cc(-c4cn[nH]c4)c(C#N)cc32)c1. The molecule has 7 nitrogen and oxygen atoms in total. The molecule has 0 radical (unpaired) electrons. The Balaban J connectivity index is 1.54. The number of methoxy groups -OCH3 is 1. The first-order valence-corrected chi connectivity index (χ1v) is 9.04. The van der Waals surface area contributed by atoms with Crippen LogP contribution in [0, 0.1) is 17.1 Å². The molecule has 1 aromatic heterocycles. The van der Waals surface area contributed by atoms with Gasteiger partial charge in [-0.05, 0) is 41.8 Å². The van der Waals surface area contributed by atoms with Crippen LogP contribution >= 0.6 is 0 Å². The van der Waals surface area contributed by atoms with E-state index in [4.69, 9.17) is 4.74 Å². The van der Waals surface area contributed by atoms with Crippen molar-refractivity contribution < 1.29 is 13.9 Å². The van der Waals surface area contributed by atoms with Crippen molar-refractivity contribution in [1.82, 2.24) is 15.5 Å². The lowest BCUT2D eigenvalue weighted by Gasteiger charge is -2.19. The van der Waals surface area contributed by atoms with Gasteiger partial charge in [-0.1, -0.05) is 0 Å². The number of hydrogen-bond donors (Lipinski definition) is 2. The molecule has 29 heavy (non-hydrogen) atoms. The zero-order valence-corrected chi connectivity index (χ0v) is 15.7. The van der Waals surface area contributed by atoms with Gasteiger partial charge in [-0.25, -0.2) is 9.18 Å². The summed E-state index contributed by atoms with van der Waals surface area (Å²) in [4.78, 5) is 14.3. The average Bonchev–Trinajstić information content (AvgIpc) is 3.40. The van der Waals surface area contributed by atoms with Gasteiger partial charge in [0.2, 0.25) is 0 Å². The van der Waals surface area contributed by atoms with Gasteiger partial charge in [-0.3, -0.25) is 10.00 Å². The number of carbonyl (C=O) groups is 1. The van der Waals surface area contributed by atoms with Crippen molar-refractivity contribution >= 4 is 11.7 Å². The van der Waals surface area contributed by atoms with E-state index in [0.717, 1.165) is 16.7 Å². The van der Waals surface area contributed by atoms with Gasteiger partial charge >= 0.3 is 6.03 Å². The van der Waals surface area contributed by atoms with E-state index in [1.807, 2.05) is 6.07 Å². The average molecular weight is 391 g/mol. The first-order valence-electron chi connectivity index (χ1n) is 9.04. The minimum Gasteiger partial charge on any atom is -0.497 e. The number of nitrogens with zero attached hydrogens (tertiary/aromatic N) is 3. The number of H-pyrrole nitrogens is 1. The van der Waals surface area contributed by atoms with Gasteiger partial charge in [0.1, 0.15) is 11.6 Å². The molecule has 0 unspecified atom stereocenters. The molecule has 3 aromatic rings. The van der Waals surface area contributed by atoms with Crippen molar-refractivity contribution in [3.63, 3.8) is 0 Å². The van der Waals surface area contributed by atoms with Gasteiger partial charge in [0.25, 0.3) is 0 Å². The van der Waals surface area contributed by atoms with E-state index in [1.165, 1.54) is 19.2 Å². The van der Waals surface area contributed by atoms with Crippen molar-refractivity contribution in [2.75, 3.05) is 18.6 Å². The van der Waals surface area contributed by atoms with E-state index in [9.17, 15) is 14.4 Å². The van der Waals surface area contributed by atoms with E-state index in [0.29, 0.717) is 35.5 Å². The van der Waals surface area contributed by atoms with Crippen LogP contribution in [0.3, 0.4) is 0 Å². The maximum absolute atomic E-state index is 13.6. The second-order valence-electron chi connectivity index (χ2n) is 6.68. The fourth-order valence-corrected chi connectivity index (χ4v) is 3.49. The Hall–Kier alpha value is -3.86. The molecule has 0 bridgehead atoms. The molecule has 0 spiro atoms. The van der Waals surface area contributed by atoms with Gasteiger partial charge in [-0.2, -0.15) is 10.4 Å². The number of aromatic amines is 1. The molecule has 0 saturated heterocycles. The molecule has 1 aliphatic rings. The minimum atomic E-state index is -0.425. The number of hydrogen-bond acceptors (Lipinski definition) is 4. The lowest BCUT2D eigenvalue weighted by atomic mass is 9.98. The summed E-state index contributed by atoms with van der Waals surface area (Å²) < 4.78 is 18.7. The van der Waals surface area contributed by atoms with Crippen molar-refractivity contribution in [1.29, 1.82) is 5.26 Å². The number of carbonyl (C=O) groups excluding carboxylic acids is 1. The van der Waals surface area contributed by atoms with Crippen molar-refractivity contribution in [3.8, 4) is 22.9 Å². The molecule has 2 heterocycles. The summed E-state index contributed by atoms with van der Waals surface area (Å²) in [5, 5.41) is 19.0. The molecule has 0 fully saturated rings. The summed E-state index contributed by atoms with van der Waals surface area (Å²) in [7, 11) is 1.46. The predicted octanol–water partition coefficient (Wildman–Crippen LogP) is 3.37. The maximum atomic E-state index is 13.6. The Bertz CT molecular complexity index is 1100. The van der Waals surface area contributed by atoms with Crippen LogP contribution < -0.4 is 15.0 Å². The van der Waals surface area contributed by atoms with Crippen LogP contribution in [0.4, 0.5) is 14.9 Å². The number of rotatable bonds is 4. The minimum absolute atomic E-state index is 0.164. The molecule has 146 valence electrons. The molecular formula is C21H18FN5O2. The number of fused-ring (bicyclic) bond motifs is 1. The van der Waals surface area contributed by atoms with Crippen LogP contribution in [0.5, 0.6) is 5.75 Å². The molecule has 0 saturated carbocycles. The fraction of sp³-hybridized carbons (Fsp3) is 0.190. The van der Waals surface area contributed by atoms with E-state index < -0.39 is 5.82 Å². The summed E-state index contributed by atoms with van der Waals surface area (Å²) in [5.41, 5.74) is 4.38. The highest BCUT2D eigenvalue weighted by Gasteiger charge is 2.26. The number of benzene rings is 2. The number of nitriles is 1. The third-order valence-electron chi connectivity index (χ3n) is 4.90. The van der Waals surface area contributed by atoms with Crippen LogP contribution in [0.25, 0.3) is 11.1 Å². The first kappa shape index (κ1) is 18.5. The molecule has 0 atom stereocenters. The van der Waals surface area contributed by atoms with Crippen LogP contribution in [-0.2, 0) is 13.0 Å². The highest BCUT2D eigenvalue weighted by molar-refractivity contribution is 5.95. The number of amides is 2. The molecule has 0 aliphatic carbocycles.